The fourth-order valence-corrected chi connectivity index (χ4v) is 3.27. The summed E-state index contributed by atoms with van der Waals surface area (Å²) in [7, 11) is 0. The summed E-state index contributed by atoms with van der Waals surface area (Å²) in [4.78, 5) is 47.9. The van der Waals surface area contributed by atoms with E-state index in [9.17, 15) is 19.2 Å². The molecule has 3 rings (SSSR count). The van der Waals surface area contributed by atoms with Crippen LogP contribution in [0.1, 0.15) is 31.4 Å². The van der Waals surface area contributed by atoms with Crippen LogP contribution in [0.2, 0.25) is 0 Å². The third kappa shape index (κ3) is 5.10. The molecule has 1 fully saturated rings. The van der Waals surface area contributed by atoms with Crippen molar-refractivity contribution in [2.24, 2.45) is 0 Å². The average molecular weight is 397 g/mol. The summed E-state index contributed by atoms with van der Waals surface area (Å²) in [5.74, 6) is -1.26. The lowest BCUT2D eigenvalue weighted by atomic mass is 10.00. The van der Waals surface area contributed by atoms with Crippen LogP contribution in [0, 0.1) is 0 Å². The summed E-state index contributed by atoms with van der Waals surface area (Å²) in [5.41, 5.74) is 0.983. The van der Waals surface area contributed by atoms with Crippen LogP contribution in [0.5, 0.6) is 0 Å². The molecule has 0 radical (unpaired) electrons. The van der Waals surface area contributed by atoms with Gasteiger partial charge in [0.25, 0.3) is 5.91 Å². The van der Waals surface area contributed by atoms with Gasteiger partial charge in [0.2, 0.25) is 5.91 Å². The molecule has 152 valence electrons. The molecule has 2 aromatic rings. The van der Waals surface area contributed by atoms with E-state index in [2.05, 4.69) is 10.6 Å². The number of ether oxygens (including phenoxy) is 1. The molecule has 1 saturated heterocycles. The van der Waals surface area contributed by atoms with E-state index in [4.69, 9.17) is 4.74 Å². The maximum atomic E-state index is 12.1. The maximum Gasteiger partial charge on any atom is 0.324 e. The highest BCUT2D eigenvalue weighted by atomic mass is 16.5. The number of hydrogen-bond acceptors (Lipinski definition) is 5. The number of amides is 4. The fourth-order valence-electron chi connectivity index (χ4n) is 3.27. The molecule has 8 heteroatoms. The van der Waals surface area contributed by atoms with Gasteiger partial charge >= 0.3 is 12.0 Å². The van der Waals surface area contributed by atoms with Gasteiger partial charge in [0.15, 0.2) is 6.61 Å². The number of hydrogen-bond donors (Lipinski definition) is 2. The van der Waals surface area contributed by atoms with Crippen LogP contribution in [0.3, 0.4) is 0 Å². The number of benzene rings is 2. The second-order valence-electron chi connectivity index (χ2n) is 6.83. The van der Waals surface area contributed by atoms with Crippen LogP contribution in [-0.4, -0.2) is 48.4 Å². The lowest BCUT2D eigenvalue weighted by molar-refractivity contribution is -0.149. The van der Waals surface area contributed by atoms with Crippen molar-refractivity contribution in [2.45, 2.75) is 25.8 Å². The summed E-state index contributed by atoms with van der Waals surface area (Å²) in [6, 6.07) is 13.1. The largest absolute Gasteiger partial charge is 0.456 e. The monoisotopic (exact) mass is 397 g/mol. The van der Waals surface area contributed by atoms with Crippen molar-refractivity contribution < 1.29 is 23.9 Å². The molecule has 1 atom stereocenters. The lowest BCUT2D eigenvalue weighted by Crippen LogP contribution is -2.33. The van der Waals surface area contributed by atoms with Gasteiger partial charge in [-0.1, -0.05) is 42.5 Å². The fraction of sp³-hybridized carbons (Fsp3) is 0.333. The van der Waals surface area contributed by atoms with Crippen LogP contribution >= 0.6 is 0 Å². The quantitative estimate of drug-likeness (QED) is 0.523. The molecule has 0 spiro atoms. The van der Waals surface area contributed by atoms with Crippen LogP contribution in [-0.2, 0) is 19.1 Å². The standard InChI is InChI=1S/C21H23N3O5/c1-14(16-9-4-7-15-6-2-3-8-17(15)16)23-18(25)13-29-20(27)10-5-11-24-19(26)12-22-21(24)28/h2-4,6-9,14H,5,10-13H2,1H3,(H,22,28)(H,23,25)/t14-/m1/s1. The van der Waals surface area contributed by atoms with E-state index < -0.39 is 17.9 Å². The highest BCUT2D eigenvalue weighted by molar-refractivity contribution is 6.01. The Bertz CT molecular complexity index is 922. The number of carbonyl (C=O) groups is 4. The van der Waals surface area contributed by atoms with Gasteiger partial charge in [-0.3, -0.25) is 19.3 Å². The maximum absolute atomic E-state index is 12.1. The molecule has 0 aromatic heterocycles. The van der Waals surface area contributed by atoms with E-state index >= 15 is 0 Å². The molecule has 0 saturated carbocycles. The molecular formula is C21H23N3O5. The van der Waals surface area contributed by atoms with Crippen molar-refractivity contribution >= 4 is 34.6 Å². The second kappa shape index (κ2) is 9.18. The zero-order valence-electron chi connectivity index (χ0n) is 16.1. The van der Waals surface area contributed by atoms with Crippen molar-refractivity contribution in [2.75, 3.05) is 19.7 Å². The highest BCUT2D eigenvalue weighted by Gasteiger charge is 2.27. The molecule has 8 nitrogen and oxygen atoms in total. The molecule has 0 aliphatic carbocycles. The molecule has 1 aliphatic rings. The van der Waals surface area contributed by atoms with Crippen LogP contribution in [0.15, 0.2) is 42.5 Å². The van der Waals surface area contributed by atoms with E-state index in [1.165, 1.54) is 0 Å². The van der Waals surface area contributed by atoms with Gasteiger partial charge in [-0.2, -0.15) is 0 Å². The van der Waals surface area contributed by atoms with Crippen molar-refractivity contribution in [1.82, 2.24) is 15.5 Å². The number of nitrogens with zero attached hydrogens (tertiary/aromatic N) is 1. The van der Waals surface area contributed by atoms with E-state index in [0.717, 1.165) is 21.2 Å². The third-order valence-electron chi connectivity index (χ3n) is 4.73. The minimum Gasteiger partial charge on any atom is -0.456 e. The number of fused-ring (bicyclic) bond motifs is 1. The van der Waals surface area contributed by atoms with Gasteiger partial charge in [0.1, 0.15) is 0 Å². The minimum absolute atomic E-state index is 0.0155. The van der Waals surface area contributed by atoms with Crippen molar-refractivity contribution in [1.29, 1.82) is 0 Å². The van der Waals surface area contributed by atoms with Gasteiger partial charge in [-0.05, 0) is 29.7 Å². The average Bonchev–Trinajstić information content (AvgIpc) is 3.04. The highest BCUT2D eigenvalue weighted by Crippen LogP contribution is 2.23. The molecule has 0 bridgehead atoms. The number of rotatable bonds is 8. The summed E-state index contributed by atoms with van der Waals surface area (Å²) >= 11 is 0. The molecule has 1 aliphatic heterocycles. The summed E-state index contributed by atoms with van der Waals surface area (Å²) in [6.07, 6.45) is 0.301. The van der Waals surface area contributed by atoms with Crippen LogP contribution in [0.4, 0.5) is 4.79 Å². The van der Waals surface area contributed by atoms with E-state index in [0.29, 0.717) is 0 Å². The van der Waals surface area contributed by atoms with Gasteiger partial charge in [0, 0.05) is 13.0 Å². The summed E-state index contributed by atoms with van der Waals surface area (Å²) in [5, 5.41) is 7.38. The Kier molecular flexibility index (Phi) is 6.43. The predicted octanol–water partition coefficient (Wildman–Crippen LogP) is 1.89. The number of imide groups is 1. The van der Waals surface area contributed by atoms with E-state index in [1.807, 2.05) is 49.4 Å². The van der Waals surface area contributed by atoms with E-state index in [1.54, 1.807) is 0 Å². The molecule has 0 unspecified atom stereocenters. The Morgan fingerprint density at radius 3 is 2.69 bits per heavy atom. The Morgan fingerprint density at radius 1 is 1.17 bits per heavy atom. The van der Waals surface area contributed by atoms with Gasteiger partial charge < -0.3 is 15.4 Å². The Hall–Kier alpha value is -3.42. The van der Waals surface area contributed by atoms with Gasteiger partial charge in [-0.25, -0.2) is 4.79 Å². The zero-order valence-corrected chi connectivity index (χ0v) is 16.1. The first-order valence-electron chi connectivity index (χ1n) is 9.46. The first-order valence-corrected chi connectivity index (χ1v) is 9.46. The second-order valence-corrected chi connectivity index (χ2v) is 6.83. The molecule has 4 amide bonds. The number of carbonyl (C=O) groups excluding carboxylic acids is 4. The van der Waals surface area contributed by atoms with Crippen molar-refractivity contribution in [3.63, 3.8) is 0 Å². The lowest BCUT2D eigenvalue weighted by Gasteiger charge is -2.17. The van der Waals surface area contributed by atoms with Crippen molar-refractivity contribution in [3.05, 3.63) is 48.0 Å². The summed E-state index contributed by atoms with van der Waals surface area (Å²) < 4.78 is 4.99. The first kappa shape index (κ1) is 20.3. The summed E-state index contributed by atoms with van der Waals surface area (Å²) in [6.45, 7) is 1.62. The molecule has 2 N–H and O–H groups in total. The van der Waals surface area contributed by atoms with Gasteiger partial charge in [-0.15, -0.1) is 0 Å². The molecule has 2 aromatic carbocycles. The Labute approximate surface area is 168 Å². The topological polar surface area (TPSA) is 105 Å². The van der Waals surface area contributed by atoms with E-state index in [-0.39, 0.29) is 44.5 Å². The molecular weight excluding hydrogens is 374 g/mol. The van der Waals surface area contributed by atoms with Gasteiger partial charge in [0.05, 0.1) is 12.6 Å². The number of nitrogens with one attached hydrogen (secondary N) is 2. The Morgan fingerprint density at radius 2 is 1.93 bits per heavy atom. The van der Waals surface area contributed by atoms with Crippen molar-refractivity contribution in [3.8, 4) is 0 Å². The molecule has 1 heterocycles. The van der Waals surface area contributed by atoms with Crippen LogP contribution in [0.25, 0.3) is 10.8 Å². The third-order valence-corrected chi connectivity index (χ3v) is 4.73. The predicted molar refractivity (Wildman–Crippen MR) is 106 cm³/mol. The minimum atomic E-state index is -0.551. The zero-order chi connectivity index (χ0) is 20.8. The first-order chi connectivity index (χ1) is 14.0. The number of urea groups is 1. The SMILES string of the molecule is C[C@@H](NC(=O)COC(=O)CCCN1C(=O)CNC1=O)c1cccc2ccccc12. The Balaban J connectivity index is 1.42. The number of esters is 1. The normalized spacial score (nSPS) is 14.6. The van der Waals surface area contributed by atoms with Crippen LogP contribution < -0.4 is 10.6 Å². The smallest absolute Gasteiger partial charge is 0.324 e. The molecule has 29 heavy (non-hydrogen) atoms.